The van der Waals surface area contributed by atoms with Crippen molar-refractivity contribution in [3.8, 4) is 0 Å². The molecule has 0 unspecified atom stereocenters. The average Bonchev–Trinajstić information content (AvgIpc) is 2.71. The van der Waals surface area contributed by atoms with Crippen LogP contribution < -0.4 is 0 Å². The van der Waals surface area contributed by atoms with Gasteiger partial charge in [0.25, 0.3) is 0 Å². The maximum Gasteiger partial charge on any atom is 0.188 e. The van der Waals surface area contributed by atoms with Crippen molar-refractivity contribution in [2.45, 2.75) is 16.7 Å². The van der Waals surface area contributed by atoms with Gasteiger partial charge >= 0.3 is 0 Å². The molecule has 2 rings (SSSR count). The highest BCUT2D eigenvalue weighted by molar-refractivity contribution is 7.99. The molecule has 0 spiro atoms. The maximum atomic E-state index is 8.95. The first-order valence-electron chi connectivity index (χ1n) is 4.22. The van der Waals surface area contributed by atoms with Crippen molar-refractivity contribution in [1.29, 1.82) is 0 Å². The van der Waals surface area contributed by atoms with E-state index in [1.165, 1.54) is 18.1 Å². The summed E-state index contributed by atoms with van der Waals surface area (Å²) in [5, 5.41) is 16.7. The fourth-order valence-electron chi connectivity index (χ4n) is 1.07. The number of hydrogen-bond acceptors (Lipinski definition) is 4. The van der Waals surface area contributed by atoms with Gasteiger partial charge in [0, 0.05) is 9.92 Å². The number of benzene rings is 1. The highest BCUT2D eigenvalue weighted by Crippen LogP contribution is 2.28. The fraction of sp³-hybridized carbons (Fsp3) is 0.111. The molecule has 1 aromatic carbocycles. The maximum absolute atomic E-state index is 8.95. The second kappa shape index (κ2) is 4.65. The van der Waals surface area contributed by atoms with E-state index in [2.05, 4.69) is 15.2 Å². The van der Waals surface area contributed by atoms with Crippen LogP contribution in [0.15, 0.2) is 34.6 Å². The molecule has 78 valence electrons. The summed E-state index contributed by atoms with van der Waals surface area (Å²) in [5.41, 5.74) is 0.721. The molecular formula is C9H8ClN3OS. The van der Waals surface area contributed by atoms with E-state index in [0.717, 1.165) is 10.5 Å². The highest BCUT2D eigenvalue weighted by Gasteiger charge is 2.03. The molecule has 0 atom stereocenters. The Kier molecular flexibility index (Phi) is 3.25. The molecular weight excluding hydrogens is 234 g/mol. The predicted octanol–water partition coefficient (Wildman–Crippen LogP) is 2.10. The van der Waals surface area contributed by atoms with Crippen molar-refractivity contribution in [3.05, 3.63) is 35.1 Å². The van der Waals surface area contributed by atoms with E-state index in [4.69, 9.17) is 16.7 Å². The van der Waals surface area contributed by atoms with E-state index in [-0.39, 0.29) is 6.61 Å². The zero-order chi connectivity index (χ0) is 10.7. The quantitative estimate of drug-likeness (QED) is 0.864. The van der Waals surface area contributed by atoms with Crippen molar-refractivity contribution in [1.82, 2.24) is 15.2 Å². The zero-order valence-electron chi connectivity index (χ0n) is 7.64. The molecule has 2 aromatic rings. The fourth-order valence-corrected chi connectivity index (χ4v) is 2.11. The average molecular weight is 242 g/mol. The molecule has 0 bridgehead atoms. The van der Waals surface area contributed by atoms with Crippen molar-refractivity contribution < 1.29 is 5.11 Å². The van der Waals surface area contributed by atoms with Crippen molar-refractivity contribution in [3.63, 3.8) is 0 Å². The van der Waals surface area contributed by atoms with Gasteiger partial charge < -0.3 is 5.11 Å². The van der Waals surface area contributed by atoms with Crippen molar-refractivity contribution >= 4 is 23.4 Å². The molecule has 0 radical (unpaired) electrons. The molecule has 0 aliphatic heterocycles. The molecule has 0 saturated carbocycles. The first kappa shape index (κ1) is 10.5. The number of H-pyrrole nitrogens is 1. The number of nitrogens with one attached hydrogen (secondary N) is 1. The number of aromatic nitrogens is 3. The van der Waals surface area contributed by atoms with E-state index >= 15 is 0 Å². The van der Waals surface area contributed by atoms with Gasteiger partial charge in [-0.2, -0.15) is 5.10 Å². The van der Waals surface area contributed by atoms with E-state index < -0.39 is 0 Å². The molecule has 6 heteroatoms. The Balaban J connectivity index is 2.20. The number of hydrogen-bond donors (Lipinski definition) is 2. The molecule has 0 amide bonds. The number of aliphatic hydroxyl groups is 1. The number of halogens is 1. The lowest BCUT2D eigenvalue weighted by atomic mass is 10.2. The first-order chi connectivity index (χ1) is 7.29. The lowest BCUT2D eigenvalue weighted by Gasteiger charge is -2.02. The second-order valence-corrected chi connectivity index (χ2v) is 4.27. The topological polar surface area (TPSA) is 61.8 Å². The van der Waals surface area contributed by atoms with E-state index in [9.17, 15) is 0 Å². The van der Waals surface area contributed by atoms with Crippen LogP contribution in [0.25, 0.3) is 0 Å². The van der Waals surface area contributed by atoms with Crippen LogP contribution in [0.1, 0.15) is 5.56 Å². The summed E-state index contributed by atoms with van der Waals surface area (Å²) in [6.07, 6.45) is 1.45. The lowest BCUT2D eigenvalue weighted by Crippen LogP contribution is -1.85. The number of aromatic amines is 1. The third-order valence-corrected chi connectivity index (χ3v) is 3.03. The standard InChI is InChI=1S/C9H8ClN3OS/c10-8-3-7(2-1-6(8)4-14)15-9-11-5-12-13-9/h1-3,5,14H,4H2,(H,11,12,13). The molecule has 1 heterocycles. The normalized spacial score (nSPS) is 10.5. The Bertz CT molecular complexity index is 447. The molecule has 0 fully saturated rings. The van der Waals surface area contributed by atoms with Crippen LogP contribution in [-0.2, 0) is 6.61 Å². The highest BCUT2D eigenvalue weighted by atomic mass is 35.5. The summed E-state index contributed by atoms with van der Waals surface area (Å²) >= 11 is 7.38. The van der Waals surface area contributed by atoms with Gasteiger partial charge in [0.15, 0.2) is 5.16 Å². The van der Waals surface area contributed by atoms with Crippen molar-refractivity contribution in [2.75, 3.05) is 0 Å². The summed E-state index contributed by atoms with van der Waals surface area (Å²) in [6.45, 7) is -0.0495. The lowest BCUT2D eigenvalue weighted by molar-refractivity contribution is 0.282. The smallest absolute Gasteiger partial charge is 0.188 e. The summed E-state index contributed by atoms with van der Waals surface area (Å²) in [7, 11) is 0. The first-order valence-corrected chi connectivity index (χ1v) is 5.41. The zero-order valence-corrected chi connectivity index (χ0v) is 9.22. The Morgan fingerprint density at radius 1 is 1.47 bits per heavy atom. The third kappa shape index (κ3) is 2.50. The Morgan fingerprint density at radius 3 is 2.93 bits per heavy atom. The molecule has 0 aliphatic carbocycles. The molecule has 0 saturated heterocycles. The van der Waals surface area contributed by atoms with Crippen LogP contribution in [0.2, 0.25) is 5.02 Å². The van der Waals surface area contributed by atoms with Gasteiger partial charge in [0.2, 0.25) is 0 Å². The van der Waals surface area contributed by atoms with Gasteiger partial charge in [-0.05, 0) is 17.7 Å². The molecule has 15 heavy (non-hydrogen) atoms. The number of nitrogens with zero attached hydrogens (tertiary/aromatic N) is 2. The summed E-state index contributed by atoms with van der Waals surface area (Å²) in [6, 6.07) is 5.46. The van der Waals surface area contributed by atoms with Crippen LogP contribution in [0, 0.1) is 0 Å². The van der Waals surface area contributed by atoms with E-state index in [0.29, 0.717) is 10.2 Å². The summed E-state index contributed by atoms with van der Waals surface area (Å²) in [4.78, 5) is 4.94. The molecule has 0 aliphatic rings. The Morgan fingerprint density at radius 2 is 2.33 bits per heavy atom. The number of aliphatic hydroxyl groups excluding tert-OH is 1. The Labute approximate surface area is 95.7 Å². The molecule has 1 aromatic heterocycles. The SMILES string of the molecule is OCc1ccc(Sc2ncn[nH]2)cc1Cl. The monoisotopic (exact) mass is 241 g/mol. The van der Waals surface area contributed by atoms with Crippen LogP contribution in [-0.4, -0.2) is 20.3 Å². The number of rotatable bonds is 3. The second-order valence-electron chi connectivity index (χ2n) is 2.80. The van der Waals surface area contributed by atoms with Crippen LogP contribution in [0.4, 0.5) is 0 Å². The van der Waals surface area contributed by atoms with Crippen molar-refractivity contribution in [2.24, 2.45) is 0 Å². The van der Waals surface area contributed by atoms with E-state index in [1.807, 2.05) is 6.07 Å². The third-order valence-electron chi connectivity index (χ3n) is 1.80. The van der Waals surface area contributed by atoms with Gasteiger partial charge in [-0.3, -0.25) is 5.10 Å². The van der Waals surface area contributed by atoms with Crippen LogP contribution in [0.5, 0.6) is 0 Å². The van der Waals surface area contributed by atoms with Crippen LogP contribution >= 0.6 is 23.4 Å². The molecule has 4 nitrogen and oxygen atoms in total. The van der Waals surface area contributed by atoms with Gasteiger partial charge in [-0.15, -0.1) is 0 Å². The van der Waals surface area contributed by atoms with Gasteiger partial charge in [0.05, 0.1) is 6.61 Å². The van der Waals surface area contributed by atoms with Gasteiger partial charge in [-0.1, -0.05) is 29.4 Å². The Hall–Kier alpha value is -1.04. The van der Waals surface area contributed by atoms with E-state index in [1.54, 1.807) is 12.1 Å². The minimum Gasteiger partial charge on any atom is -0.392 e. The largest absolute Gasteiger partial charge is 0.392 e. The van der Waals surface area contributed by atoms with Crippen LogP contribution in [0.3, 0.4) is 0 Å². The summed E-state index contributed by atoms with van der Waals surface area (Å²) < 4.78 is 0. The van der Waals surface area contributed by atoms with Gasteiger partial charge in [-0.25, -0.2) is 4.98 Å². The minimum absolute atomic E-state index is 0.0495. The summed E-state index contributed by atoms with van der Waals surface area (Å²) in [5.74, 6) is 0. The van der Waals surface area contributed by atoms with Gasteiger partial charge in [0.1, 0.15) is 6.33 Å². The predicted molar refractivity (Wildman–Crippen MR) is 57.9 cm³/mol. The molecule has 2 N–H and O–H groups in total. The minimum atomic E-state index is -0.0495.